The van der Waals surface area contributed by atoms with Gasteiger partial charge in [-0.1, -0.05) is 91.9 Å². The van der Waals surface area contributed by atoms with Gasteiger partial charge in [-0.25, -0.2) is 0 Å². The molecule has 0 spiro atoms. The van der Waals surface area contributed by atoms with Crippen molar-refractivity contribution in [2.45, 2.75) is 78.1 Å². The zero-order valence-electron chi connectivity index (χ0n) is 10.5. The fourth-order valence-corrected chi connectivity index (χ4v) is 1.21. The van der Waals surface area contributed by atoms with E-state index in [2.05, 4.69) is 27.7 Å². The minimum Gasteiger partial charge on any atom is -0.0654 e. The van der Waals surface area contributed by atoms with Crippen LogP contribution in [0.3, 0.4) is 0 Å². The highest BCUT2D eigenvalue weighted by Gasteiger charge is 1.83. The maximum atomic E-state index is 3.78. The van der Waals surface area contributed by atoms with E-state index in [4.69, 9.17) is 0 Å². The van der Waals surface area contributed by atoms with Crippen LogP contribution in [-0.4, -0.2) is 0 Å². The van der Waals surface area contributed by atoms with E-state index in [0.717, 1.165) is 12.8 Å². The Balaban J connectivity index is 0. The van der Waals surface area contributed by atoms with Crippen LogP contribution < -0.4 is 0 Å². The summed E-state index contributed by atoms with van der Waals surface area (Å²) in [5, 5.41) is 0. The third-order valence-corrected chi connectivity index (χ3v) is 2.21. The van der Waals surface area contributed by atoms with Gasteiger partial charge in [0.25, 0.3) is 0 Å². The van der Waals surface area contributed by atoms with E-state index in [1.807, 2.05) is 0 Å². The number of rotatable bonds is 8. The number of hydrogen-bond donors (Lipinski definition) is 0. The Morgan fingerprint density at radius 3 is 1.29 bits per heavy atom. The summed E-state index contributed by atoms with van der Waals surface area (Å²) in [7, 11) is 0. The zero-order chi connectivity index (χ0) is 11.1. The monoisotopic (exact) mass is 198 g/mol. The second-order valence-corrected chi connectivity index (χ2v) is 3.83. The molecule has 0 aromatic heterocycles. The van der Waals surface area contributed by atoms with Gasteiger partial charge in [0.15, 0.2) is 0 Å². The molecule has 0 heterocycles. The number of hydrogen-bond acceptors (Lipinski definition) is 0. The van der Waals surface area contributed by atoms with Gasteiger partial charge in [0.2, 0.25) is 0 Å². The molecule has 0 saturated carbocycles. The fraction of sp³-hybridized carbons (Fsp3) is 0.857. The van der Waals surface area contributed by atoms with Crippen molar-refractivity contribution < 1.29 is 0 Å². The summed E-state index contributed by atoms with van der Waals surface area (Å²) >= 11 is 0. The van der Waals surface area contributed by atoms with E-state index in [1.165, 1.54) is 51.4 Å². The molecule has 0 unspecified atom stereocenters. The lowest BCUT2D eigenvalue weighted by molar-refractivity contribution is 0.637. The van der Waals surface area contributed by atoms with Crippen LogP contribution in [0.2, 0.25) is 0 Å². The highest BCUT2D eigenvalue weighted by molar-refractivity contribution is 4.43. The molecule has 0 aliphatic carbocycles. The molecule has 14 heavy (non-hydrogen) atoms. The number of unbranched alkanes of at least 4 members (excludes halogenated alkanes) is 8. The lowest BCUT2D eigenvalue weighted by Gasteiger charge is -1.93. The maximum Gasteiger partial charge on any atom is -0.0533 e. The molecule has 86 valence electrons. The summed E-state index contributed by atoms with van der Waals surface area (Å²) in [6, 6.07) is 0. The van der Waals surface area contributed by atoms with Gasteiger partial charge in [0, 0.05) is 0 Å². The Labute approximate surface area is 92.5 Å². The first-order valence-corrected chi connectivity index (χ1v) is 6.41. The first-order chi connectivity index (χ1) is 6.83. The molecule has 0 saturated heterocycles. The Kier molecular flexibility index (Phi) is 22.0. The van der Waals surface area contributed by atoms with Gasteiger partial charge in [0.1, 0.15) is 0 Å². The van der Waals surface area contributed by atoms with Crippen LogP contribution in [0.15, 0.2) is 0 Å². The van der Waals surface area contributed by atoms with Crippen molar-refractivity contribution in [3.8, 4) is 0 Å². The average Bonchev–Trinajstić information content (AvgIpc) is 2.22. The topological polar surface area (TPSA) is 0 Å². The van der Waals surface area contributed by atoms with E-state index in [-0.39, 0.29) is 0 Å². The Morgan fingerprint density at radius 1 is 0.571 bits per heavy atom. The predicted molar refractivity (Wildman–Crippen MR) is 68.2 cm³/mol. The minimum absolute atomic E-state index is 1.10. The molecule has 0 aromatic rings. The lowest BCUT2D eigenvalue weighted by Crippen LogP contribution is -1.74. The molecule has 0 amide bonds. The Bertz CT molecular complexity index is 56.4. The van der Waals surface area contributed by atoms with Gasteiger partial charge in [0.05, 0.1) is 0 Å². The van der Waals surface area contributed by atoms with Crippen LogP contribution in [0.25, 0.3) is 0 Å². The summed E-state index contributed by atoms with van der Waals surface area (Å²) in [5.41, 5.74) is 0. The van der Waals surface area contributed by atoms with Crippen molar-refractivity contribution in [3.63, 3.8) is 0 Å². The van der Waals surface area contributed by atoms with Crippen molar-refractivity contribution >= 4 is 0 Å². The summed E-state index contributed by atoms with van der Waals surface area (Å²) in [4.78, 5) is 0. The van der Waals surface area contributed by atoms with E-state index >= 15 is 0 Å². The quantitative estimate of drug-likeness (QED) is 0.446. The van der Waals surface area contributed by atoms with Crippen molar-refractivity contribution in [3.05, 3.63) is 13.8 Å². The molecule has 0 aromatic carbocycles. The minimum atomic E-state index is 1.10. The second kappa shape index (κ2) is 18.7. The van der Waals surface area contributed by atoms with Crippen LogP contribution in [0, 0.1) is 13.8 Å². The van der Waals surface area contributed by atoms with Gasteiger partial charge in [-0.15, -0.1) is 0 Å². The summed E-state index contributed by atoms with van der Waals surface area (Å²) in [6.07, 6.45) is 13.0. The molecule has 0 nitrogen and oxygen atoms in total. The molecular weight excluding hydrogens is 168 g/mol. The van der Waals surface area contributed by atoms with Crippen LogP contribution in [0.1, 0.15) is 78.1 Å². The second-order valence-electron chi connectivity index (χ2n) is 3.83. The molecule has 0 N–H and O–H groups in total. The van der Waals surface area contributed by atoms with Gasteiger partial charge < -0.3 is 0 Å². The molecule has 0 atom stereocenters. The molecule has 0 aliphatic heterocycles. The molecule has 0 rings (SSSR count). The highest BCUT2D eigenvalue weighted by Crippen LogP contribution is 2.03. The fourth-order valence-electron chi connectivity index (χ4n) is 1.21. The maximum absolute atomic E-state index is 3.78. The largest absolute Gasteiger partial charge is 0.0654 e. The van der Waals surface area contributed by atoms with Crippen molar-refractivity contribution in [1.29, 1.82) is 0 Å². The lowest BCUT2D eigenvalue weighted by atomic mass is 10.1. The normalized spacial score (nSPS) is 9.43. The van der Waals surface area contributed by atoms with Gasteiger partial charge in [-0.05, 0) is 0 Å². The third-order valence-electron chi connectivity index (χ3n) is 2.21. The average molecular weight is 198 g/mol. The van der Waals surface area contributed by atoms with Crippen LogP contribution >= 0.6 is 0 Å². The third kappa shape index (κ3) is 22.7. The van der Waals surface area contributed by atoms with Crippen LogP contribution in [0.5, 0.6) is 0 Å². The van der Waals surface area contributed by atoms with Gasteiger partial charge >= 0.3 is 0 Å². The van der Waals surface area contributed by atoms with E-state index < -0.39 is 0 Å². The molecule has 0 bridgehead atoms. The SMILES string of the molecule is [CH2]CCCCC.[CH2]CCCCCCC. The molecule has 2 radical (unpaired) electrons. The molecule has 0 aliphatic rings. The Morgan fingerprint density at radius 2 is 0.929 bits per heavy atom. The first-order valence-electron chi connectivity index (χ1n) is 6.41. The van der Waals surface area contributed by atoms with Crippen LogP contribution in [0.4, 0.5) is 0 Å². The zero-order valence-corrected chi connectivity index (χ0v) is 10.5. The smallest absolute Gasteiger partial charge is 0.0533 e. The van der Waals surface area contributed by atoms with E-state index in [1.54, 1.807) is 0 Å². The molecular formula is C14H30. The molecule has 0 heteroatoms. The summed E-state index contributed by atoms with van der Waals surface area (Å²) in [6.45, 7) is 12.0. The molecule has 0 fully saturated rings. The van der Waals surface area contributed by atoms with Gasteiger partial charge in [-0.2, -0.15) is 0 Å². The van der Waals surface area contributed by atoms with Crippen molar-refractivity contribution in [2.24, 2.45) is 0 Å². The van der Waals surface area contributed by atoms with E-state index in [9.17, 15) is 0 Å². The summed E-state index contributed by atoms with van der Waals surface area (Å²) < 4.78 is 0. The standard InChI is InChI=1S/C8H17.C6H13/c1-3-5-7-8-6-4-2;1-3-5-6-4-2/h1,3-8H2,2H3;1,3-6H2,2H3. The van der Waals surface area contributed by atoms with Gasteiger partial charge in [-0.3, -0.25) is 0 Å². The summed E-state index contributed by atoms with van der Waals surface area (Å²) in [5.74, 6) is 0. The highest BCUT2D eigenvalue weighted by atomic mass is 13.9. The van der Waals surface area contributed by atoms with E-state index in [0.29, 0.717) is 0 Å². The first kappa shape index (κ1) is 16.4. The van der Waals surface area contributed by atoms with Crippen molar-refractivity contribution in [1.82, 2.24) is 0 Å². The predicted octanol–water partition coefficient (Wildman–Crippen LogP) is 5.58. The van der Waals surface area contributed by atoms with Crippen LogP contribution in [-0.2, 0) is 0 Å². The van der Waals surface area contributed by atoms with Crippen molar-refractivity contribution in [2.75, 3.05) is 0 Å². The Hall–Kier alpha value is 0.